The van der Waals surface area contributed by atoms with Gasteiger partial charge >= 0.3 is 6.03 Å². The summed E-state index contributed by atoms with van der Waals surface area (Å²) in [6.07, 6.45) is 0. The second-order valence-corrected chi connectivity index (χ2v) is 3.30. The Bertz CT molecular complexity index is 404. The summed E-state index contributed by atoms with van der Waals surface area (Å²) >= 11 is 0. The minimum absolute atomic E-state index is 0.520. The zero-order valence-electron chi connectivity index (χ0n) is 8.37. The van der Waals surface area contributed by atoms with Crippen molar-refractivity contribution in [1.29, 1.82) is 0 Å². The first-order valence-electron chi connectivity index (χ1n) is 4.63. The molecule has 1 aliphatic heterocycles. The lowest BCUT2D eigenvalue weighted by molar-refractivity contribution is 0.171. The quantitative estimate of drug-likeness (QED) is 0.729. The van der Waals surface area contributed by atoms with Gasteiger partial charge in [0.1, 0.15) is 13.2 Å². The van der Waals surface area contributed by atoms with Gasteiger partial charge in [-0.15, -0.1) is 0 Å². The van der Waals surface area contributed by atoms with Crippen LogP contribution in [0.1, 0.15) is 5.56 Å². The van der Waals surface area contributed by atoms with Gasteiger partial charge in [-0.1, -0.05) is 0 Å². The number of amides is 2. The van der Waals surface area contributed by atoms with E-state index in [1.807, 2.05) is 13.0 Å². The van der Waals surface area contributed by atoms with Gasteiger partial charge in [-0.25, -0.2) is 4.79 Å². The second-order valence-electron chi connectivity index (χ2n) is 3.30. The number of fused-ring (bicyclic) bond motifs is 1. The largest absolute Gasteiger partial charge is 0.486 e. The normalized spacial score (nSPS) is 13.4. The fraction of sp³-hybridized carbons (Fsp3) is 0.300. The van der Waals surface area contributed by atoms with Crippen molar-refractivity contribution in [2.24, 2.45) is 5.73 Å². The summed E-state index contributed by atoms with van der Waals surface area (Å²) in [6.45, 7) is 2.94. The first-order chi connectivity index (χ1) is 7.16. The van der Waals surface area contributed by atoms with Crippen molar-refractivity contribution >= 4 is 11.7 Å². The number of carbonyl (C=O) groups is 1. The van der Waals surface area contributed by atoms with E-state index in [-0.39, 0.29) is 0 Å². The molecule has 0 radical (unpaired) electrons. The smallest absolute Gasteiger partial charge is 0.316 e. The molecule has 0 fully saturated rings. The van der Waals surface area contributed by atoms with Gasteiger partial charge in [-0.3, -0.25) is 0 Å². The predicted molar refractivity (Wildman–Crippen MR) is 55.4 cm³/mol. The molecule has 0 aromatic heterocycles. The topological polar surface area (TPSA) is 73.6 Å². The molecule has 5 nitrogen and oxygen atoms in total. The van der Waals surface area contributed by atoms with Gasteiger partial charge in [0, 0.05) is 11.8 Å². The molecule has 1 aromatic rings. The monoisotopic (exact) mass is 208 g/mol. The molecule has 2 amide bonds. The highest BCUT2D eigenvalue weighted by Crippen LogP contribution is 2.35. The van der Waals surface area contributed by atoms with Crippen molar-refractivity contribution in [3.8, 4) is 11.5 Å². The molecule has 0 aliphatic carbocycles. The molecule has 0 spiro atoms. The van der Waals surface area contributed by atoms with Crippen molar-refractivity contribution < 1.29 is 14.3 Å². The van der Waals surface area contributed by atoms with Crippen LogP contribution in [0.3, 0.4) is 0 Å². The Kier molecular flexibility index (Phi) is 2.37. The van der Waals surface area contributed by atoms with E-state index in [2.05, 4.69) is 5.32 Å². The van der Waals surface area contributed by atoms with Crippen molar-refractivity contribution in [2.45, 2.75) is 6.92 Å². The molecule has 2 rings (SSSR count). The van der Waals surface area contributed by atoms with Gasteiger partial charge in [0.15, 0.2) is 11.5 Å². The Morgan fingerprint density at radius 1 is 1.33 bits per heavy atom. The van der Waals surface area contributed by atoms with E-state index < -0.39 is 6.03 Å². The molecular weight excluding hydrogens is 196 g/mol. The van der Waals surface area contributed by atoms with Gasteiger partial charge < -0.3 is 20.5 Å². The summed E-state index contributed by atoms with van der Waals surface area (Å²) in [7, 11) is 0. The summed E-state index contributed by atoms with van der Waals surface area (Å²) in [6, 6.07) is 2.95. The minimum Gasteiger partial charge on any atom is -0.486 e. The Morgan fingerprint density at radius 2 is 1.93 bits per heavy atom. The van der Waals surface area contributed by atoms with Crippen LogP contribution >= 0.6 is 0 Å². The number of anilines is 1. The summed E-state index contributed by atoms with van der Waals surface area (Å²) in [5, 5.41) is 2.53. The SMILES string of the molecule is Cc1cc2c(cc1NC(N)=O)OCCO2. The van der Waals surface area contributed by atoms with Gasteiger partial charge in [-0.2, -0.15) is 0 Å². The molecule has 0 atom stereocenters. The molecule has 0 bridgehead atoms. The molecule has 1 aliphatic rings. The van der Waals surface area contributed by atoms with E-state index in [9.17, 15) is 4.79 Å². The summed E-state index contributed by atoms with van der Waals surface area (Å²) in [5.74, 6) is 1.34. The molecule has 1 heterocycles. The van der Waals surface area contributed by atoms with Crippen molar-refractivity contribution in [3.05, 3.63) is 17.7 Å². The van der Waals surface area contributed by atoms with E-state index in [0.29, 0.717) is 30.4 Å². The van der Waals surface area contributed by atoms with Gasteiger partial charge in [0.25, 0.3) is 0 Å². The van der Waals surface area contributed by atoms with Crippen molar-refractivity contribution in [2.75, 3.05) is 18.5 Å². The highest BCUT2D eigenvalue weighted by Gasteiger charge is 2.14. The highest BCUT2D eigenvalue weighted by molar-refractivity contribution is 5.89. The molecule has 5 heteroatoms. The fourth-order valence-electron chi connectivity index (χ4n) is 1.46. The van der Waals surface area contributed by atoms with Crippen LogP contribution in [-0.2, 0) is 0 Å². The maximum atomic E-state index is 10.7. The van der Waals surface area contributed by atoms with Crippen LogP contribution in [0.15, 0.2) is 12.1 Å². The van der Waals surface area contributed by atoms with Gasteiger partial charge in [0.2, 0.25) is 0 Å². The summed E-state index contributed by atoms with van der Waals surface area (Å²) < 4.78 is 10.8. The summed E-state index contributed by atoms with van der Waals surface area (Å²) in [4.78, 5) is 10.7. The minimum atomic E-state index is -0.588. The third kappa shape index (κ3) is 1.96. The molecule has 0 saturated heterocycles. The second kappa shape index (κ2) is 3.68. The molecule has 80 valence electrons. The maximum Gasteiger partial charge on any atom is 0.316 e. The van der Waals surface area contributed by atoms with Crippen molar-refractivity contribution in [3.63, 3.8) is 0 Å². The number of urea groups is 1. The lowest BCUT2D eigenvalue weighted by atomic mass is 10.1. The standard InChI is InChI=1S/C10H12N2O3/c1-6-4-8-9(15-3-2-14-8)5-7(6)12-10(11)13/h4-5H,2-3H2,1H3,(H3,11,12,13). The number of nitrogens with two attached hydrogens (primary N) is 1. The lowest BCUT2D eigenvalue weighted by Gasteiger charge is -2.20. The first-order valence-corrected chi connectivity index (χ1v) is 4.63. The molecule has 3 N–H and O–H groups in total. The highest BCUT2D eigenvalue weighted by atomic mass is 16.6. The number of hydrogen-bond donors (Lipinski definition) is 2. The van der Waals surface area contributed by atoms with Crippen LogP contribution in [-0.4, -0.2) is 19.2 Å². The third-order valence-electron chi connectivity index (χ3n) is 2.15. The average Bonchev–Trinajstić information content (AvgIpc) is 2.18. The van der Waals surface area contributed by atoms with E-state index in [0.717, 1.165) is 5.56 Å². The number of primary amides is 1. The zero-order valence-corrected chi connectivity index (χ0v) is 8.37. The molecule has 0 unspecified atom stereocenters. The van der Waals surface area contributed by atoms with E-state index >= 15 is 0 Å². The average molecular weight is 208 g/mol. The molecule has 15 heavy (non-hydrogen) atoms. The molecular formula is C10H12N2O3. The number of aryl methyl sites for hydroxylation is 1. The molecule has 1 aromatic carbocycles. The number of carbonyl (C=O) groups excluding carboxylic acids is 1. The lowest BCUT2D eigenvalue weighted by Crippen LogP contribution is -2.21. The number of hydrogen-bond acceptors (Lipinski definition) is 3. The Labute approximate surface area is 87.2 Å². The van der Waals surface area contributed by atoms with Crippen LogP contribution in [0.4, 0.5) is 10.5 Å². The molecule has 0 saturated carbocycles. The fourth-order valence-corrected chi connectivity index (χ4v) is 1.46. The van der Waals surface area contributed by atoms with Crippen LogP contribution in [0.2, 0.25) is 0 Å². The number of ether oxygens (including phenoxy) is 2. The van der Waals surface area contributed by atoms with Crippen LogP contribution in [0.25, 0.3) is 0 Å². The van der Waals surface area contributed by atoms with E-state index in [4.69, 9.17) is 15.2 Å². The summed E-state index contributed by atoms with van der Waals surface area (Å²) in [5.41, 5.74) is 6.58. The van der Waals surface area contributed by atoms with Crippen molar-refractivity contribution in [1.82, 2.24) is 0 Å². The van der Waals surface area contributed by atoms with E-state index in [1.165, 1.54) is 0 Å². The Morgan fingerprint density at radius 3 is 2.53 bits per heavy atom. The number of rotatable bonds is 1. The number of benzene rings is 1. The Hall–Kier alpha value is -1.91. The van der Waals surface area contributed by atoms with Gasteiger partial charge in [-0.05, 0) is 18.6 Å². The number of nitrogens with one attached hydrogen (secondary N) is 1. The first kappa shape index (κ1) is 9.64. The van der Waals surface area contributed by atoms with Crippen LogP contribution in [0, 0.1) is 6.92 Å². The van der Waals surface area contributed by atoms with Crippen LogP contribution in [0.5, 0.6) is 11.5 Å². The zero-order chi connectivity index (χ0) is 10.8. The van der Waals surface area contributed by atoms with E-state index in [1.54, 1.807) is 6.07 Å². The van der Waals surface area contributed by atoms with Gasteiger partial charge in [0.05, 0.1) is 0 Å². The maximum absolute atomic E-state index is 10.7. The van der Waals surface area contributed by atoms with Crippen LogP contribution < -0.4 is 20.5 Å². The Balaban J connectivity index is 2.36. The predicted octanol–water partition coefficient (Wildman–Crippen LogP) is 1.26. The third-order valence-corrected chi connectivity index (χ3v) is 2.15.